The van der Waals surface area contributed by atoms with Gasteiger partial charge in [0.05, 0.1) is 31.5 Å². The zero-order chi connectivity index (χ0) is 13.0. The Balaban J connectivity index is 1.96. The summed E-state index contributed by atoms with van der Waals surface area (Å²) in [6.45, 7) is 1.99. The molecule has 0 saturated heterocycles. The summed E-state index contributed by atoms with van der Waals surface area (Å²) in [6, 6.07) is 3.79. The van der Waals surface area contributed by atoms with Crippen LogP contribution in [0.3, 0.4) is 0 Å². The smallest absolute Gasteiger partial charge is 0.311 e. The predicted octanol–water partition coefficient (Wildman–Crippen LogP) is 2.62. The van der Waals surface area contributed by atoms with Crippen LogP contribution >= 0.6 is 11.3 Å². The zero-order valence-corrected chi connectivity index (χ0v) is 11.0. The largest absolute Gasteiger partial charge is 0.469 e. The first-order chi connectivity index (χ1) is 8.69. The summed E-state index contributed by atoms with van der Waals surface area (Å²) in [6.07, 6.45) is 1.84. The third kappa shape index (κ3) is 3.10. The van der Waals surface area contributed by atoms with Crippen LogP contribution in [0, 0.1) is 0 Å². The Kier molecular flexibility index (Phi) is 3.99. The van der Waals surface area contributed by atoms with Crippen molar-refractivity contribution in [3.05, 3.63) is 35.2 Å². The molecule has 0 aromatic carbocycles. The van der Waals surface area contributed by atoms with Crippen molar-refractivity contribution in [2.75, 3.05) is 12.4 Å². The minimum atomic E-state index is -0.286. The second kappa shape index (κ2) is 5.68. The van der Waals surface area contributed by atoms with Crippen molar-refractivity contribution in [3.8, 4) is 0 Å². The van der Waals surface area contributed by atoms with Crippen LogP contribution in [0.15, 0.2) is 28.2 Å². The van der Waals surface area contributed by atoms with Crippen LogP contribution < -0.4 is 5.32 Å². The maximum Gasteiger partial charge on any atom is 0.311 e. The molecule has 0 fully saturated rings. The number of aromatic nitrogens is 1. The topological polar surface area (TPSA) is 64.4 Å². The minimum Gasteiger partial charge on any atom is -0.469 e. The highest BCUT2D eigenvalue weighted by atomic mass is 32.1. The number of carbonyl (C=O) groups is 1. The van der Waals surface area contributed by atoms with E-state index in [0.29, 0.717) is 5.69 Å². The van der Waals surface area contributed by atoms with Crippen LogP contribution in [-0.2, 0) is 16.0 Å². The van der Waals surface area contributed by atoms with Crippen LogP contribution in [-0.4, -0.2) is 18.1 Å². The SMILES string of the molecule is COC(=O)Cc1csc(NC(C)c2ccco2)n1. The fourth-order valence-electron chi connectivity index (χ4n) is 1.47. The van der Waals surface area contributed by atoms with Gasteiger partial charge in [-0.15, -0.1) is 11.3 Å². The number of methoxy groups -OCH3 is 1. The lowest BCUT2D eigenvalue weighted by atomic mass is 10.3. The molecule has 6 heteroatoms. The molecule has 2 aromatic heterocycles. The van der Waals surface area contributed by atoms with E-state index >= 15 is 0 Å². The van der Waals surface area contributed by atoms with E-state index in [-0.39, 0.29) is 18.4 Å². The predicted molar refractivity (Wildman–Crippen MR) is 68.6 cm³/mol. The fraction of sp³-hybridized carbons (Fsp3) is 0.333. The summed E-state index contributed by atoms with van der Waals surface area (Å²) in [5.74, 6) is 0.561. The van der Waals surface area contributed by atoms with Crippen molar-refractivity contribution in [1.82, 2.24) is 4.98 Å². The number of furan rings is 1. The molecule has 0 aliphatic rings. The van der Waals surface area contributed by atoms with E-state index in [1.54, 1.807) is 6.26 Å². The highest BCUT2D eigenvalue weighted by Crippen LogP contribution is 2.22. The van der Waals surface area contributed by atoms with E-state index in [4.69, 9.17) is 4.42 Å². The van der Waals surface area contributed by atoms with E-state index in [0.717, 1.165) is 10.9 Å². The first-order valence-electron chi connectivity index (χ1n) is 5.50. The maximum atomic E-state index is 11.1. The third-order valence-corrected chi connectivity index (χ3v) is 3.24. The van der Waals surface area contributed by atoms with Gasteiger partial charge >= 0.3 is 5.97 Å². The summed E-state index contributed by atoms with van der Waals surface area (Å²) >= 11 is 1.46. The van der Waals surface area contributed by atoms with Crippen molar-refractivity contribution < 1.29 is 13.9 Å². The average molecular weight is 266 g/mol. The van der Waals surface area contributed by atoms with Crippen molar-refractivity contribution in [2.24, 2.45) is 0 Å². The molecule has 0 bridgehead atoms. The Morgan fingerprint density at radius 3 is 3.17 bits per heavy atom. The summed E-state index contributed by atoms with van der Waals surface area (Å²) < 4.78 is 9.89. The van der Waals surface area contributed by atoms with Gasteiger partial charge in [-0.1, -0.05) is 0 Å². The van der Waals surface area contributed by atoms with E-state index in [1.165, 1.54) is 18.4 Å². The van der Waals surface area contributed by atoms with Gasteiger partial charge < -0.3 is 14.5 Å². The van der Waals surface area contributed by atoms with Crippen molar-refractivity contribution in [2.45, 2.75) is 19.4 Å². The molecule has 2 aromatic rings. The summed E-state index contributed by atoms with van der Waals surface area (Å²) in [4.78, 5) is 15.4. The van der Waals surface area contributed by atoms with Crippen molar-refractivity contribution in [1.29, 1.82) is 0 Å². The van der Waals surface area contributed by atoms with Gasteiger partial charge in [-0.25, -0.2) is 4.98 Å². The molecule has 0 amide bonds. The molecule has 0 saturated carbocycles. The van der Waals surface area contributed by atoms with E-state index in [2.05, 4.69) is 15.0 Å². The second-order valence-electron chi connectivity index (χ2n) is 3.78. The van der Waals surface area contributed by atoms with Gasteiger partial charge in [-0.3, -0.25) is 4.79 Å². The number of nitrogens with zero attached hydrogens (tertiary/aromatic N) is 1. The molecular formula is C12H14N2O3S. The fourth-order valence-corrected chi connectivity index (χ4v) is 2.27. The summed E-state index contributed by atoms with van der Waals surface area (Å²) in [5, 5.41) is 5.82. The number of rotatable bonds is 5. The molecule has 1 atom stereocenters. The van der Waals surface area contributed by atoms with Gasteiger partial charge in [0.25, 0.3) is 0 Å². The number of hydrogen-bond donors (Lipinski definition) is 1. The third-order valence-electron chi connectivity index (χ3n) is 2.41. The molecule has 96 valence electrons. The van der Waals surface area contributed by atoms with Gasteiger partial charge in [0.2, 0.25) is 0 Å². The maximum absolute atomic E-state index is 11.1. The van der Waals surface area contributed by atoms with Gasteiger partial charge in [0.1, 0.15) is 5.76 Å². The van der Waals surface area contributed by atoms with Crippen molar-refractivity contribution >= 4 is 22.4 Å². The lowest BCUT2D eigenvalue weighted by molar-refractivity contribution is -0.139. The zero-order valence-electron chi connectivity index (χ0n) is 10.2. The van der Waals surface area contributed by atoms with E-state index in [9.17, 15) is 4.79 Å². The summed E-state index contributed by atoms with van der Waals surface area (Å²) in [7, 11) is 1.37. The monoisotopic (exact) mass is 266 g/mol. The number of nitrogens with one attached hydrogen (secondary N) is 1. The Bertz CT molecular complexity index is 507. The molecule has 0 spiro atoms. The molecular weight excluding hydrogens is 252 g/mol. The molecule has 0 radical (unpaired) electrons. The van der Waals surface area contributed by atoms with E-state index < -0.39 is 0 Å². The van der Waals surface area contributed by atoms with Crippen LogP contribution in [0.4, 0.5) is 5.13 Å². The van der Waals surface area contributed by atoms with Gasteiger partial charge in [0, 0.05) is 5.38 Å². The number of esters is 1. The molecule has 1 unspecified atom stereocenters. The van der Waals surface area contributed by atoms with Gasteiger partial charge in [-0.2, -0.15) is 0 Å². The Morgan fingerprint density at radius 2 is 2.50 bits per heavy atom. The van der Waals surface area contributed by atoms with Gasteiger partial charge in [0.15, 0.2) is 5.13 Å². The number of hydrogen-bond acceptors (Lipinski definition) is 6. The molecule has 0 aliphatic carbocycles. The van der Waals surface area contributed by atoms with Crippen LogP contribution in [0.25, 0.3) is 0 Å². The standard InChI is InChI=1S/C12H14N2O3S/c1-8(10-4-3-5-17-10)13-12-14-9(7-18-12)6-11(15)16-2/h3-5,7-8H,6H2,1-2H3,(H,13,14). The lowest BCUT2D eigenvalue weighted by Gasteiger charge is -2.09. The Labute approximate surface area is 109 Å². The minimum absolute atomic E-state index is 0.0390. The lowest BCUT2D eigenvalue weighted by Crippen LogP contribution is -2.07. The van der Waals surface area contributed by atoms with Crippen molar-refractivity contribution in [3.63, 3.8) is 0 Å². The highest BCUT2D eigenvalue weighted by molar-refractivity contribution is 7.13. The van der Waals surface area contributed by atoms with Crippen LogP contribution in [0.5, 0.6) is 0 Å². The number of carbonyl (C=O) groups excluding carboxylic acids is 1. The first kappa shape index (κ1) is 12.6. The number of thiazole rings is 1. The van der Waals surface area contributed by atoms with Gasteiger partial charge in [-0.05, 0) is 19.1 Å². The molecule has 2 rings (SSSR count). The Morgan fingerprint density at radius 1 is 1.67 bits per heavy atom. The molecule has 1 N–H and O–H groups in total. The Hall–Kier alpha value is -1.82. The average Bonchev–Trinajstić information content (AvgIpc) is 3.00. The number of anilines is 1. The highest BCUT2D eigenvalue weighted by Gasteiger charge is 2.12. The molecule has 2 heterocycles. The molecule has 18 heavy (non-hydrogen) atoms. The van der Waals surface area contributed by atoms with E-state index in [1.807, 2.05) is 24.4 Å². The second-order valence-corrected chi connectivity index (χ2v) is 4.64. The molecule has 0 aliphatic heterocycles. The first-order valence-corrected chi connectivity index (χ1v) is 6.38. The number of ether oxygens (including phenoxy) is 1. The van der Waals surface area contributed by atoms with Crippen LogP contribution in [0.2, 0.25) is 0 Å². The molecule has 5 nitrogen and oxygen atoms in total. The van der Waals surface area contributed by atoms with Crippen LogP contribution in [0.1, 0.15) is 24.4 Å². The normalized spacial score (nSPS) is 12.1. The summed E-state index contributed by atoms with van der Waals surface area (Å²) in [5.41, 5.74) is 0.709. The quantitative estimate of drug-likeness (QED) is 0.843.